The Bertz CT molecular complexity index is 481. The van der Waals surface area contributed by atoms with Crippen LogP contribution in [0.3, 0.4) is 0 Å². The SMILES string of the molecule is CC1OCCC1N(C)c1ccc([N+](=O)[O-])c(CCl)c1. The molecule has 6 heteroatoms. The molecule has 2 rings (SSSR count). The van der Waals surface area contributed by atoms with Gasteiger partial charge in [-0.3, -0.25) is 10.1 Å². The molecule has 104 valence electrons. The van der Waals surface area contributed by atoms with Crippen LogP contribution in [-0.2, 0) is 10.6 Å². The van der Waals surface area contributed by atoms with E-state index < -0.39 is 4.92 Å². The number of nitro benzene ring substituents is 1. The lowest BCUT2D eigenvalue weighted by molar-refractivity contribution is -0.385. The van der Waals surface area contributed by atoms with Gasteiger partial charge in [0, 0.05) is 31.0 Å². The van der Waals surface area contributed by atoms with Gasteiger partial charge < -0.3 is 9.64 Å². The summed E-state index contributed by atoms with van der Waals surface area (Å²) in [5.41, 5.74) is 1.55. The van der Waals surface area contributed by atoms with Gasteiger partial charge in [0.2, 0.25) is 0 Å². The fourth-order valence-corrected chi connectivity index (χ4v) is 2.71. The minimum absolute atomic E-state index is 0.0721. The van der Waals surface area contributed by atoms with Gasteiger partial charge in [-0.15, -0.1) is 11.6 Å². The Balaban J connectivity index is 2.27. The lowest BCUT2D eigenvalue weighted by Gasteiger charge is -2.29. The molecule has 0 spiro atoms. The zero-order valence-corrected chi connectivity index (χ0v) is 11.8. The first-order valence-corrected chi connectivity index (χ1v) is 6.75. The molecule has 1 aliphatic heterocycles. The zero-order chi connectivity index (χ0) is 14.0. The first-order valence-electron chi connectivity index (χ1n) is 6.22. The number of anilines is 1. The molecule has 1 fully saturated rings. The molecule has 19 heavy (non-hydrogen) atoms. The van der Waals surface area contributed by atoms with E-state index in [1.807, 2.05) is 14.0 Å². The van der Waals surface area contributed by atoms with Gasteiger partial charge in [0.1, 0.15) is 0 Å². The van der Waals surface area contributed by atoms with Crippen LogP contribution in [-0.4, -0.2) is 30.7 Å². The van der Waals surface area contributed by atoms with E-state index in [0.29, 0.717) is 11.6 Å². The Labute approximate surface area is 117 Å². The molecule has 0 radical (unpaired) electrons. The van der Waals surface area contributed by atoms with Crippen molar-refractivity contribution in [3.05, 3.63) is 33.9 Å². The lowest BCUT2D eigenvalue weighted by Crippen LogP contribution is -2.36. The predicted molar refractivity (Wildman–Crippen MR) is 74.9 cm³/mol. The van der Waals surface area contributed by atoms with Gasteiger partial charge in [0.05, 0.1) is 22.9 Å². The third-order valence-electron chi connectivity index (χ3n) is 3.64. The van der Waals surface area contributed by atoms with Crippen molar-refractivity contribution in [2.24, 2.45) is 0 Å². The number of likely N-dealkylation sites (N-methyl/N-ethyl adjacent to an activating group) is 1. The van der Waals surface area contributed by atoms with Crippen LogP contribution in [0.4, 0.5) is 11.4 Å². The predicted octanol–water partition coefficient (Wildman–Crippen LogP) is 2.95. The number of rotatable bonds is 4. The maximum absolute atomic E-state index is 10.9. The molecule has 1 heterocycles. The fourth-order valence-electron chi connectivity index (χ4n) is 2.50. The normalized spacial score (nSPS) is 22.5. The summed E-state index contributed by atoms with van der Waals surface area (Å²) < 4.78 is 5.55. The highest BCUT2D eigenvalue weighted by Gasteiger charge is 2.28. The molecule has 0 aromatic heterocycles. The summed E-state index contributed by atoms with van der Waals surface area (Å²) in [6.45, 7) is 2.80. The van der Waals surface area contributed by atoms with Crippen molar-refractivity contribution >= 4 is 23.0 Å². The van der Waals surface area contributed by atoms with Gasteiger partial charge in [-0.2, -0.15) is 0 Å². The Kier molecular flexibility index (Phi) is 4.27. The summed E-state index contributed by atoms with van der Waals surface area (Å²) in [7, 11) is 1.98. The van der Waals surface area contributed by atoms with E-state index in [4.69, 9.17) is 16.3 Å². The van der Waals surface area contributed by atoms with Crippen molar-refractivity contribution in [1.82, 2.24) is 0 Å². The van der Waals surface area contributed by atoms with E-state index in [1.165, 1.54) is 6.07 Å². The largest absolute Gasteiger partial charge is 0.376 e. The molecule has 0 bridgehead atoms. The molecule has 1 aromatic rings. The Morgan fingerprint density at radius 1 is 1.58 bits per heavy atom. The molecule has 0 aliphatic carbocycles. The van der Waals surface area contributed by atoms with Gasteiger partial charge in [-0.1, -0.05) is 0 Å². The number of hydrogen-bond donors (Lipinski definition) is 0. The molecular formula is C13H17ClN2O3. The van der Waals surface area contributed by atoms with E-state index >= 15 is 0 Å². The van der Waals surface area contributed by atoms with Crippen molar-refractivity contribution in [2.75, 3.05) is 18.6 Å². The van der Waals surface area contributed by atoms with E-state index in [9.17, 15) is 10.1 Å². The summed E-state index contributed by atoms with van der Waals surface area (Å²) in [5.74, 6) is 0.134. The van der Waals surface area contributed by atoms with E-state index in [0.717, 1.165) is 18.7 Å². The molecule has 0 saturated carbocycles. The van der Waals surface area contributed by atoms with Crippen molar-refractivity contribution in [3.63, 3.8) is 0 Å². The smallest absolute Gasteiger partial charge is 0.273 e. The molecule has 2 atom stereocenters. The second-order valence-corrected chi connectivity index (χ2v) is 5.01. The molecule has 0 amide bonds. The van der Waals surface area contributed by atoms with Crippen LogP contribution in [0, 0.1) is 10.1 Å². The molecule has 2 unspecified atom stereocenters. The number of hydrogen-bond acceptors (Lipinski definition) is 4. The van der Waals surface area contributed by atoms with Crippen LogP contribution < -0.4 is 4.90 Å². The number of benzene rings is 1. The monoisotopic (exact) mass is 284 g/mol. The topological polar surface area (TPSA) is 55.6 Å². The Morgan fingerprint density at radius 3 is 2.84 bits per heavy atom. The molecule has 1 aromatic carbocycles. The second kappa shape index (κ2) is 5.75. The van der Waals surface area contributed by atoms with Crippen LogP contribution in [0.1, 0.15) is 18.9 Å². The second-order valence-electron chi connectivity index (χ2n) is 4.75. The van der Waals surface area contributed by atoms with Gasteiger partial charge in [-0.05, 0) is 25.5 Å². The first-order chi connectivity index (χ1) is 9.04. The fraction of sp³-hybridized carbons (Fsp3) is 0.538. The number of alkyl halides is 1. The minimum Gasteiger partial charge on any atom is -0.376 e. The Morgan fingerprint density at radius 2 is 2.32 bits per heavy atom. The summed E-state index contributed by atoms with van der Waals surface area (Å²) >= 11 is 5.79. The van der Waals surface area contributed by atoms with Crippen molar-refractivity contribution in [2.45, 2.75) is 31.4 Å². The van der Waals surface area contributed by atoms with E-state index in [1.54, 1.807) is 12.1 Å². The lowest BCUT2D eigenvalue weighted by atomic mass is 10.1. The number of nitro groups is 1. The standard InChI is InChI=1S/C13H17ClN2O3/c1-9-12(5-6-19-9)15(2)11-3-4-13(16(17)18)10(7-11)8-14/h3-4,7,9,12H,5-6,8H2,1-2H3. The number of ether oxygens (including phenoxy) is 1. The van der Waals surface area contributed by atoms with Gasteiger partial charge in [-0.25, -0.2) is 0 Å². The van der Waals surface area contributed by atoms with Crippen LogP contribution in [0.2, 0.25) is 0 Å². The summed E-state index contributed by atoms with van der Waals surface area (Å²) in [6, 6.07) is 5.36. The van der Waals surface area contributed by atoms with E-state index in [2.05, 4.69) is 4.90 Å². The molecule has 0 N–H and O–H groups in total. The first kappa shape index (κ1) is 14.1. The highest BCUT2D eigenvalue weighted by molar-refractivity contribution is 6.17. The van der Waals surface area contributed by atoms with Crippen molar-refractivity contribution in [1.29, 1.82) is 0 Å². The average Bonchev–Trinajstić information content (AvgIpc) is 2.83. The third kappa shape index (κ3) is 2.82. The van der Waals surface area contributed by atoms with Gasteiger partial charge in [0.15, 0.2) is 0 Å². The molecule has 5 nitrogen and oxygen atoms in total. The van der Waals surface area contributed by atoms with Crippen LogP contribution in [0.5, 0.6) is 0 Å². The summed E-state index contributed by atoms with van der Waals surface area (Å²) in [4.78, 5) is 12.6. The highest BCUT2D eigenvalue weighted by Crippen LogP contribution is 2.29. The molecule has 1 saturated heterocycles. The van der Waals surface area contributed by atoms with Gasteiger partial charge >= 0.3 is 0 Å². The highest BCUT2D eigenvalue weighted by atomic mass is 35.5. The van der Waals surface area contributed by atoms with Crippen LogP contribution >= 0.6 is 11.6 Å². The summed E-state index contributed by atoms with van der Waals surface area (Å²) in [6.07, 6.45) is 1.13. The summed E-state index contributed by atoms with van der Waals surface area (Å²) in [5, 5.41) is 10.9. The quantitative estimate of drug-likeness (QED) is 0.485. The minimum atomic E-state index is -0.400. The van der Waals surface area contributed by atoms with Gasteiger partial charge in [0.25, 0.3) is 5.69 Å². The number of nitrogens with zero attached hydrogens (tertiary/aromatic N) is 2. The number of halogens is 1. The maximum Gasteiger partial charge on any atom is 0.273 e. The Hall–Kier alpha value is -1.33. The molecular weight excluding hydrogens is 268 g/mol. The van der Waals surface area contributed by atoms with Crippen LogP contribution in [0.25, 0.3) is 0 Å². The average molecular weight is 285 g/mol. The van der Waals surface area contributed by atoms with E-state index in [-0.39, 0.29) is 17.7 Å². The maximum atomic E-state index is 10.9. The van der Waals surface area contributed by atoms with Crippen molar-refractivity contribution < 1.29 is 9.66 Å². The molecule has 1 aliphatic rings. The van der Waals surface area contributed by atoms with Crippen molar-refractivity contribution in [3.8, 4) is 0 Å². The zero-order valence-electron chi connectivity index (χ0n) is 11.0. The third-order valence-corrected chi connectivity index (χ3v) is 3.93. The van der Waals surface area contributed by atoms with Crippen LogP contribution in [0.15, 0.2) is 18.2 Å².